The summed E-state index contributed by atoms with van der Waals surface area (Å²) >= 11 is 2.85. The summed E-state index contributed by atoms with van der Waals surface area (Å²) in [5.41, 5.74) is 3.56. The van der Waals surface area contributed by atoms with E-state index in [9.17, 15) is 19.3 Å². The number of hydrogen-bond acceptors (Lipinski definition) is 5. The van der Waals surface area contributed by atoms with Crippen LogP contribution in [0, 0.1) is 15.9 Å². The molecule has 9 heteroatoms. The molecule has 20 heavy (non-hydrogen) atoms. The zero-order valence-electron chi connectivity index (χ0n) is 10.8. The molecule has 110 valence electrons. The van der Waals surface area contributed by atoms with Gasteiger partial charge in [0.25, 0.3) is 0 Å². The number of likely N-dealkylation sites (N-methyl/N-ethyl adjacent to an activating group) is 1. The van der Waals surface area contributed by atoms with E-state index in [1.54, 1.807) is 0 Å². The van der Waals surface area contributed by atoms with E-state index in [0.29, 0.717) is 0 Å². The van der Waals surface area contributed by atoms with Crippen molar-refractivity contribution < 1.29 is 18.8 Å². The predicted molar refractivity (Wildman–Crippen MR) is 72.9 cm³/mol. The largest absolute Gasteiger partial charge is 0.484 e. The number of hydrogen-bond donors (Lipinski definition) is 2. The highest BCUT2D eigenvalue weighted by molar-refractivity contribution is 9.10. The first-order valence-corrected chi connectivity index (χ1v) is 6.25. The van der Waals surface area contributed by atoms with Gasteiger partial charge in [-0.25, -0.2) is 4.39 Å². The normalized spacial score (nSPS) is 13.6. The zero-order chi connectivity index (χ0) is 15.5. The lowest BCUT2D eigenvalue weighted by Crippen LogP contribution is -2.55. The second-order valence-corrected chi connectivity index (χ2v) is 5.08. The first-order chi connectivity index (χ1) is 9.21. The molecule has 0 aromatic heterocycles. The summed E-state index contributed by atoms with van der Waals surface area (Å²) in [5, 5.41) is 13.5. The van der Waals surface area contributed by atoms with Crippen LogP contribution in [0.5, 0.6) is 5.75 Å². The van der Waals surface area contributed by atoms with Crippen molar-refractivity contribution in [2.45, 2.75) is 12.5 Å². The lowest BCUT2D eigenvalue weighted by molar-refractivity contribution is -0.386. The van der Waals surface area contributed by atoms with Crippen molar-refractivity contribution in [3.05, 3.63) is 32.5 Å². The molecule has 1 rings (SSSR count). The molecule has 1 atom stereocenters. The molecule has 0 spiro atoms. The van der Waals surface area contributed by atoms with Crippen molar-refractivity contribution in [3.8, 4) is 5.75 Å². The number of rotatable bonds is 6. The first-order valence-electron chi connectivity index (χ1n) is 5.46. The molecule has 3 N–H and O–H groups in total. The molecule has 0 aliphatic rings. The van der Waals surface area contributed by atoms with Gasteiger partial charge in [-0.3, -0.25) is 14.9 Å². The molecule has 1 amide bonds. The van der Waals surface area contributed by atoms with Crippen molar-refractivity contribution in [1.29, 1.82) is 0 Å². The standard InChI is InChI=1S/C11H13BrFN3O4/c1-11(15-2,10(14)17)5-20-9-4-7(13)6(12)3-8(9)16(18)19/h3-4,15H,5H2,1-2H3,(H2,14,17). The SMILES string of the molecule is CNC(C)(COc1cc(F)c(Br)cc1[N+](=O)[O-])C(N)=O. The Hall–Kier alpha value is -1.74. The topological polar surface area (TPSA) is 107 Å². The summed E-state index contributed by atoms with van der Waals surface area (Å²) in [6.07, 6.45) is 0. The van der Waals surface area contributed by atoms with Crippen molar-refractivity contribution in [2.24, 2.45) is 5.73 Å². The lowest BCUT2D eigenvalue weighted by atomic mass is 10.0. The van der Waals surface area contributed by atoms with Crippen molar-refractivity contribution in [3.63, 3.8) is 0 Å². The summed E-state index contributed by atoms with van der Waals surface area (Å²) in [7, 11) is 1.49. The zero-order valence-corrected chi connectivity index (χ0v) is 12.4. The maximum Gasteiger partial charge on any atom is 0.312 e. The number of ether oxygens (including phenoxy) is 1. The highest BCUT2D eigenvalue weighted by atomic mass is 79.9. The number of nitrogens with one attached hydrogen (secondary N) is 1. The van der Waals surface area contributed by atoms with E-state index in [1.165, 1.54) is 14.0 Å². The molecule has 0 radical (unpaired) electrons. The van der Waals surface area contributed by atoms with Gasteiger partial charge in [-0.2, -0.15) is 0 Å². The van der Waals surface area contributed by atoms with Crippen LogP contribution in [-0.2, 0) is 4.79 Å². The summed E-state index contributed by atoms with van der Waals surface area (Å²) in [6, 6.07) is 1.87. The van der Waals surface area contributed by atoms with Gasteiger partial charge < -0.3 is 15.8 Å². The highest BCUT2D eigenvalue weighted by Crippen LogP contribution is 2.32. The lowest BCUT2D eigenvalue weighted by Gasteiger charge is -2.25. The van der Waals surface area contributed by atoms with E-state index >= 15 is 0 Å². The Morgan fingerprint density at radius 2 is 2.25 bits per heavy atom. The number of primary amides is 1. The second-order valence-electron chi connectivity index (χ2n) is 4.23. The molecule has 0 bridgehead atoms. The predicted octanol–water partition coefficient (Wildman–Crippen LogP) is 1.34. The molecule has 0 saturated heterocycles. The Morgan fingerprint density at radius 1 is 1.65 bits per heavy atom. The van der Waals surface area contributed by atoms with Crippen molar-refractivity contribution >= 4 is 27.5 Å². The van der Waals surface area contributed by atoms with Gasteiger partial charge in [-0.05, 0) is 29.9 Å². The minimum absolute atomic E-state index is 0.0529. The smallest absolute Gasteiger partial charge is 0.312 e. The molecule has 0 saturated carbocycles. The van der Waals surface area contributed by atoms with Crippen LogP contribution in [0.2, 0.25) is 0 Å². The van der Waals surface area contributed by atoms with Crippen LogP contribution in [0.4, 0.5) is 10.1 Å². The number of benzene rings is 1. The second kappa shape index (κ2) is 6.14. The van der Waals surface area contributed by atoms with Crippen molar-refractivity contribution in [1.82, 2.24) is 5.32 Å². The Balaban J connectivity index is 3.06. The van der Waals surface area contributed by atoms with Crippen LogP contribution >= 0.6 is 15.9 Å². The summed E-state index contributed by atoms with van der Waals surface area (Å²) in [5.74, 6) is -1.69. The van der Waals surface area contributed by atoms with E-state index < -0.39 is 27.9 Å². The van der Waals surface area contributed by atoms with Gasteiger partial charge >= 0.3 is 5.69 Å². The van der Waals surface area contributed by atoms with Gasteiger partial charge in [0.2, 0.25) is 5.91 Å². The number of halogens is 2. The van der Waals surface area contributed by atoms with E-state index in [0.717, 1.165) is 12.1 Å². The minimum Gasteiger partial charge on any atom is -0.484 e. The molecule has 0 heterocycles. The monoisotopic (exact) mass is 349 g/mol. The van der Waals surface area contributed by atoms with Crippen LogP contribution in [-0.4, -0.2) is 30.0 Å². The van der Waals surface area contributed by atoms with Crippen LogP contribution in [0.25, 0.3) is 0 Å². The molecule has 7 nitrogen and oxygen atoms in total. The fourth-order valence-corrected chi connectivity index (χ4v) is 1.60. The molecule has 0 fully saturated rings. The number of nitro benzene ring substituents is 1. The van der Waals surface area contributed by atoms with Gasteiger partial charge in [0.15, 0.2) is 5.75 Å². The number of nitro groups is 1. The van der Waals surface area contributed by atoms with Crippen LogP contribution in [0.15, 0.2) is 16.6 Å². The fourth-order valence-electron chi connectivity index (χ4n) is 1.26. The summed E-state index contributed by atoms with van der Waals surface area (Å²) < 4.78 is 18.6. The van der Waals surface area contributed by atoms with E-state index in [2.05, 4.69) is 21.2 Å². The molecule has 1 unspecified atom stereocenters. The fraction of sp³-hybridized carbons (Fsp3) is 0.364. The summed E-state index contributed by atoms with van der Waals surface area (Å²) in [6.45, 7) is 1.19. The molecule has 1 aromatic rings. The molecular formula is C11H13BrFN3O4. The van der Waals surface area contributed by atoms with Gasteiger partial charge in [-0.15, -0.1) is 0 Å². The average molecular weight is 350 g/mol. The Morgan fingerprint density at radius 3 is 2.70 bits per heavy atom. The molecular weight excluding hydrogens is 337 g/mol. The highest BCUT2D eigenvalue weighted by Gasteiger charge is 2.31. The minimum atomic E-state index is -1.22. The van der Waals surface area contributed by atoms with E-state index in [1.807, 2.05) is 0 Å². The maximum atomic E-state index is 13.4. The Kier molecular flexibility index (Phi) is 5.01. The number of nitrogens with zero attached hydrogens (tertiary/aromatic N) is 1. The van der Waals surface area contributed by atoms with E-state index in [4.69, 9.17) is 10.5 Å². The van der Waals surface area contributed by atoms with Gasteiger partial charge in [0.05, 0.1) is 9.40 Å². The van der Waals surface area contributed by atoms with E-state index in [-0.39, 0.29) is 16.8 Å². The maximum absolute atomic E-state index is 13.4. The van der Waals surface area contributed by atoms with Gasteiger partial charge in [-0.1, -0.05) is 0 Å². The Bertz CT molecular complexity index is 555. The summed E-state index contributed by atoms with van der Waals surface area (Å²) in [4.78, 5) is 21.5. The van der Waals surface area contributed by atoms with Crippen molar-refractivity contribution in [2.75, 3.05) is 13.7 Å². The van der Waals surface area contributed by atoms with Gasteiger partial charge in [0, 0.05) is 12.1 Å². The number of amides is 1. The first kappa shape index (κ1) is 16.3. The van der Waals surface area contributed by atoms with Crippen LogP contribution in [0.3, 0.4) is 0 Å². The molecule has 0 aliphatic heterocycles. The number of carbonyl (C=O) groups is 1. The molecule has 1 aromatic carbocycles. The quantitative estimate of drug-likeness (QED) is 0.595. The third-order valence-corrected chi connectivity index (χ3v) is 3.42. The third kappa shape index (κ3) is 3.42. The van der Waals surface area contributed by atoms with Crippen LogP contribution in [0.1, 0.15) is 6.92 Å². The van der Waals surface area contributed by atoms with Gasteiger partial charge in [0.1, 0.15) is 18.0 Å². The Labute approximate surface area is 122 Å². The van der Waals surface area contributed by atoms with Crippen LogP contribution < -0.4 is 15.8 Å². The number of nitrogens with two attached hydrogens (primary N) is 1. The molecule has 0 aliphatic carbocycles. The third-order valence-electron chi connectivity index (χ3n) is 2.81. The average Bonchev–Trinajstić information content (AvgIpc) is 2.38. The number of carbonyl (C=O) groups excluding carboxylic acids is 1.